The van der Waals surface area contributed by atoms with Gasteiger partial charge in [-0.1, -0.05) is 0 Å². The number of nitrogens with zero attached hydrogens (tertiary/aromatic N) is 1. The van der Waals surface area contributed by atoms with Crippen molar-refractivity contribution in [1.29, 1.82) is 0 Å². The Kier molecular flexibility index (Phi) is 3.57. The van der Waals surface area contributed by atoms with E-state index in [0.717, 1.165) is 17.7 Å². The number of hydrogen-bond acceptors (Lipinski definition) is 2. The van der Waals surface area contributed by atoms with Crippen LogP contribution in [-0.2, 0) is 12.8 Å². The van der Waals surface area contributed by atoms with Gasteiger partial charge in [-0.25, -0.2) is 0 Å². The average Bonchev–Trinajstić information content (AvgIpc) is 2.37. The van der Waals surface area contributed by atoms with E-state index in [1.807, 2.05) is 6.92 Å². The normalized spacial score (nSPS) is 11.6. The Morgan fingerprint density at radius 3 is 2.37 bits per heavy atom. The molecule has 0 radical (unpaired) electrons. The SMILES string of the molecule is Cc1cncc(-c2cc(CO)cc(C(F)(F)F)c2)c1. The van der Waals surface area contributed by atoms with Crippen molar-refractivity contribution >= 4 is 0 Å². The minimum atomic E-state index is -4.43. The fraction of sp³-hybridized carbons (Fsp3) is 0.214. The van der Waals surface area contributed by atoms with Crippen LogP contribution < -0.4 is 0 Å². The quantitative estimate of drug-likeness (QED) is 0.902. The molecule has 0 aliphatic carbocycles. The van der Waals surface area contributed by atoms with E-state index >= 15 is 0 Å². The summed E-state index contributed by atoms with van der Waals surface area (Å²) in [6, 6.07) is 5.30. The second-order valence-electron chi connectivity index (χ2n) is 4.33. The Morgan fingerprint density at radius 1 is 1.05 bits per heavy atom. The molecule has 5 heteroatoms. The van der Waals surface area contributed by atoms with Crippen LogP contribution in [-0.4, -0.2) is 10.1 Å². The Labute approximate surface area is 108 Å². The number of aliphatic hydroxyl groups is 1. The Bertz CT molecular complexity index is 593. The van der Waals surface area contributed by atoms with Gasteiger partial charge in [0.1, 0.15) is 0 Å². The standard InChI is InChI=1S/C14H12F3NO/c1-9-2-12(7-18-6-9)11-3-10(8-19)4-13(5-11)14(15,16)17/h2-7,19H,8H2,1H3. The third kappa shape index (κ3) is 3.12. The van der Waals surface area contributed by atoms with E-state index in [0.29, 0.717) is 11.1 Å². The molecule has 0 amide bonds. The van der Waals surface area contributed by atoms with Crippen LogP contribution in [0.3, 0.4) is 0 Å². The lowest BCUT2D eigenvalue weighted by Gasteiger charge is -2.11. The van der Waals surface area contributed by atoms with E-state index in [9.17, 15) is 13.2 Å². The Balaban J connectivity index is 2.57. The minimum Gasteiger partial charge on any atom is -0.392 e. The van der Waals surface area contributed by atoms with E-state index in [-0.39, 0.29) is 5.56 Å². The van der Waals surface area contributed by atoms with Crippen molar-refractivity contribution in [3.05, 3.63) is 53.3 Å². The van der Waals surface area contributed by atoms with Gasteiger partial charge in [-0.15, -0.1) is 0 Å². The summed E-state index contributed by atoms with van der Waals surface area (Å²) in [5.74, 6) is 0. The van der Waals surface area contributed by atoms with E-state index < -0.39 is 18.3 Å². The van der Waals surface area contributed by atoms with Gasteiger partial charge < -0.3 is 5.11 Å². The van der Waals surface area contributed by atoms with Crippen LogP contribution in [0.25, 0.3) is 11.1 Å². The molecular formula is C14H12F3NO. The summed E-state index contributed by atoms with van der Waals surface area (Å²) in [6.45, 7) is 1.38. The van der Waals surface area contributed by atoms with Crippen molar-refractivity contribution in [1.82, 2.24) is 4.98 Å². The van der Waals surface area contributed by atoms with Gasteiger partial charge in [0.2, 0.25) is 0 Å². The van der Waals surface area contributed by atoms with Gasteiger partial charge in [-0.3, -0.25) is 4.98 Å². The molecule has 2 rings (SSSR count). The molecule has 1 aromatic heterocycles. The van der Waals surface area contributed by atoms with Crippen LogP contribution in [0, 0.1) is 6.92 Å². The largest absolute Gasteiger partial charge is 0.416 e. The number of hydrogen-bond donors (Lipinski definition) is 1. The second-order valence-corrected chi connectivity index (χ2v) is 4.33. The summed E-state index contributed by atoms with van der Waals surface area (Å²) in [5.41, 5.74) is 1.32. The summed E-state index contributed by atoms with van der Waals surface area (Å²) < 4.78 is 38.3. The number of pyridine rings is 1. The molecular weight excluding hydrogens is 255 g/mol. The summed E-state index contributed by atoms with van der Waals surface area (Å²) in [7, 11) is 0. The molecule has 100 valence electrons. The predicted octanol–water partition coefficient (Wildman–Crippen LogP) is 3.57. The first-order valence-electron chi connectivity index (χ1n) is 5.64. The number of aliphatic hydroxyl groups excluding tert-OH is 1. The molecule has 0 fully saturated rings. The fourth-order valence-electron chi connectivity index (χ4n) is 1.83. The van der Waals surface area contributed by atoms with Crippen molar-refractivity contribution < 1.29 is 18.3 Å². The van der Waals surface area contributed by atoms with Gasteiger partial charge in [0.25, 0.3) is 0 Å². The highest BCUT2D eigenvalue weighted by molar-refractivity contribution is 5.65. The molecule has 0 aliphatic heterocycles. The van der Waals surface area contributed by atoms with Gasteiger partial charge in [-0.2, -0.15) is 13.2 Å². The van der Waals surface area contributed by atoms with Crippen molar-refractivity contribution in [2.45, 2.75) is 19.7 Å². The van der Waals surface area contributed by atoms with Crippen LogP contribution in [0.1, 0.15) is 16.7 Å². The molecule has 0 saturated heterocycles. The molecule has 1 N–H and O–H groups in total. The minimum absolute atomic E-state index is 0.228. The first-order valence-corrected chi connectivity index (χ1v) is 5.64. The fourth-order valence-corrected chi connectivity index (χ4v) is 1.83. The first-order chi connectivity index (χ1) is 8.90. The summed E-state index contributed by atoms with van der Waals surface area (Å²) in [4.78, 5) is 3.96. The number of alkyl halides is 3. The molecule has 2 nitrogen and oxygen atoms in total. The lowest BCUT2D eigenvalue weighted by atomic mass is 10.00. The van der Waals surface area contributed by atoms with Gasteiger partial charge >= 0.3 is 6.18 Å². The van der Waals surface area contributed by atoms with Gasteiger partial charge in [0, 0.05) is 18.0 Å². The maximum atomic E-state index is 12.8. The number of aromatic nitrogens is 1. The molecule has 0 unspecified atom stereocenters. The van der Waals surface area contributed by atoms with E-state index in [2.05, 4.69) is 4.98 Å². The Hall–Kier alpha value is -1.88. The summed E-state index contributed by atoms with van der Waals surface area (Å²) in [5, 5.41) is 9.07. The molecule has 0 spiro atoms. The predicted molar refractivity (Wildman–Crippen MR) is 65.3 cm³/mol. The number of aryl methyl sites for hydroxylation is 1. The summed E-state index contributed by atoms with van der Waals surface area (Å²) >= 11 is 0. The van der Waals surface area contributed by atoms with Crippen LogP contribution in [0.4, 0.5) is 13.2 Å². The maximum absolute atomic E-state index is 12.8. The van der Waals surface area contributed by atoms with Gasteiger partial charge in [0.05, 0.1) is 12.2 Å². The lowest BCUT2D eigenvalue weighted by molar-refractivity contribution is -0.137. The van der Waals surface area contributed by atoms with Gasteiger partial charge in [-0.05, 0) is 47.9 Å². The smallest absolute Gasteiger partial charge is 0.392 e. The molecule has 0 bridgehead atoms. The van der Waals surface area contributed by atoms with Crippen molar-refractivity contribution in [2.75, 3.05) is 0 Å². The van der Waals surface area contributed by atoms with Crippen LogP contribution in [0.2, 0.25) is 0 Å². The van der Waals surface area contributed by atoms with E-state index in [1.54, 1.807) is 12.3 Å². The topological polar surface area (TPSA) is 33.1 Å². The van der Waals surface area contributed by atoms with E-state index in [4.69, 9.17) is 5.11 Å². The average molecular weight is 267 g/mol. The molecule has 0 atom stereocenters. The second kappa shape index (κ2) is 5.01. The molecule has 0 aliphatic rings. The van der Waals surface area contributed by atoms with Crippen LogP contribution in [0.15, 0.2) is 36.7 Å². The molecule has 0 saturated carbocycles. The number of benzene rings is 1. The zero-order valence-corrected chi connectivity index (χ0v) is 10.2. The Morgan fingerprint density at radius 2 is 1.79 bits per heavy atom. The van der Waals surface area contributed by atoms with Crippen LogP contribution in [0.5, 0.6) is 0 Å². The van der Waals surface area contributed by atoms with Crippen LogP contribution >= 0.6 is 0 Å². The monoisotopic (exact) mass is 267 g/mol. The first kappa shape index (κ1) is 13.5. The lowest BCUT2D eigenvalue weighted by Crippen LogP contribution is -2.06. The van der Waals surface area contributed by atoms with Crippen molar-refractivity contribution in [3.63, 3.8) is 0 Å². The maximum Gasteiger partial charge on any atom is 0.416 e. The van der Waals surface area contributed by atoms with E-state index in [1.165, 1.54) is 12.3 Å². The highest BCUT2D eigenvalue weighted by Gasteiger charge is 2.31. The number of halogens is 3. The molecule has 19 heavy (non-hydrogen) atoms. The van der Waals surface area contributed by atoms with Crippen molar-refractivity contribution in [2.24, 2.45) is 0 Å². The molecule has 1 aromatic carbocycles. The number of rotatable bonds is 2. The zero-order valence-electron chi connectivity index (χ0n) is 10.2. The third-order valence-electron chi connectivity index (χ3n) is 2.71. The molecule has 1 heterocycles. The highest BCUT2D eigenvalue weighted by Crippen LogP contribution is 2.33. The van der Waals surface area contributed by atoms with Gasteiger partial charge in [0.15, 0.2) is 0 Å². The highest BCUT2D eigenvalue weighted by atomic mass is 19.4. The molecule has 2 aromatic rings. The van der Waals surface area contributed by atoms with Crippen molar-refractivity contribution in [3.8, 4) is 11.1 Å². The zero-order chi connectivity index (χ0) is 14.0. The third-order valence-corrected chi connectivity index (χ3v) is 2.71. The summed E-state index contributed by atoms with van der Waals surface area (Å²) in [6.07, 6.45) is -1.30.